The third kappa shape index (κ3) is 6.40. The molecule has 134 valence electrons. The normalized spacial score (nSPS) is 10.4. The lowest BCUT2D eigenvalue weighted by Crippen LogP contribution is -2.20. The summed E-state index contributed by atoms with van der Waals surface area (Å²) < 4.78 is 17.4. The lowest BCUT2D eigenvalue weighted by atomic mass is 10.2. The first kappa shape index (κ1) is 19.3. The van der Waals surface area contributed by atoms with Gasteiger partial charge in [-0.1, -0.05) is 28.1 Å². The number of hydrogen-bond donors (Lipinski definition) is 1. The first-order valence-corrected chi connectivity index (χ1v) is 8.88. The average Bonchev–Trinajstić information content (AvgIpc) is 2.61. The van der Waals surface area contributed by atoms with Crippen LogP contribution >= 0.6 is 15.9 Å². The van der Waals surface area contributed by atoms with E-state index in [0.717, 1.165) is 10.0 Å². The van der Waals surface area contributed by atoms with E-state index in [2.05, 4.69) is 21.2 Å². The second kappa shape index (κ2) is 10.1. The Labute approximate surface area is 156 Å². The van der Waals surface area contributed by atoms with E-state index in [1.165, 1.54) is 0 Å². The molecule has 0 bridgehead atoms. The summed E-state index contributed by atoms with van der Waals surface area (Å²) >= 11 is 3.43. The number of anilines is 1. The number of aryl methyl sites for hydroxylation is 1. The van der Waals surface area contributed by atoms with Crippen LogP contribution in [0, 0.1) is 6.92 Å². The van der Waals surface area contributed by atoms with Gasteiger partial charge in [0.05, 0.1) is 12.3 Å². The topological polar surface area (TPSA) is 56.8 Å². The minimum Gasteiger partial charge on any atom is -0.489 e. The van der Waals surface area contributed by atoms with Crippen molar-refractivity contribution in [3.05, 3.63) is 52.5 Å². The van der Waals surface area contributed by atoms with Crippen molar-refractivity contribution in [2.45, 2.75) is 13.8 Å². The molecule has 1 amide bonds. The fraction of sp³-hybridized carbons (Fsp3) is 0.316. The van der Waals surface area contributed by atoms with E-state index in [1.54, 1.807) is 12.1 Å². The van der Waals surface area contributed by atoms with Gasteiger partial charge in [-0.05, 0) is 49.7 Å². The maximum Gasteiger partial charge on any atom is 0.262 e. The van der Waals surface area contributed by atoms with Gasteiger partial charge in [-0.15, -0.1) is 0 Å². The molecular formula is C19H22BrNO4. The molecule has 6 heteroatoms. The summed E-state index contributed by atoms with van der Waals surface area (Å²) in [5.41, 5.74) is 1.66. The standard InChI is InChI=1S/C19H22BrNO4/c1-3-23-10-11-24-18-7-5-4-6-17(18)21-19(22)13-25-15-8-9-16(20)14(2)12-15/h4-9,12H,3,10-11,13H2,1-2H3,(H,21,22). The predicted octanol–water partition coefficient (Wildman–Crippen LogP) is 4.19. The Balaban J connectivity index is 1.88. The molecule has 0 spiro atoms. The molecule has 0 aliphatic carbocycles. The fourth-order valence-corrected chi connectivity index (χ4v) is 2.34. The van der Waals surface area contributed by atoms with Crippen LogP contribution in [0.5, 0.6) is 11.5 Å². The molecule has 1 N–H and O–H groups in total. The quantitative estimate of drug-likeness (QED) is 0.633. The second-order valence-electron chi connectivity index (χ2n) is 5.29. The summed E-state index contributed by atoms with van der Waals surface area (Å²) in [4.78, 5) is 12.1. The summed E-state index contributed by atoms with van der Waals surface area (Å²) in [6.45, 7) is 5.40. The van der Waals surface area contributed by atoms with Crippen molar-refractivity contribution in [1.29, 1.82) is 0 Å². The summed E-state index contributed by atoms with van der Waals surface area (Å²) in [5, 5.41) is 2.81. The van der Waals surface area contributed by atoms with Crippen LogP contribution in [0.3, 0.4) is 0 Å². The highest BCUT2D eigenvalue weighted by Gasteiger charge is 2.09. The van der Waals surface area contributed by atoms with Gasteiger partial charge in [0.25, 0.3) is 5.91 Å². The van der Waals surface area contributed by atoms with Crippen LogP contribution in [-0.4, -0.2) is 32.3 Å². The highest BCUT2D eigenvalue weighted by atomic mass is 79.9. The van der Waals surface area contributed by atoms with Crippen molar-refractivity contribution in [1.82, 2.24) is 0 Å². The number of rotatable bonds is 9. The fourth-order valence-electron chi connectivity index (χ4n) is 2.09. The number of benzene rings is 2. The Morgan fingerprint density at radius 3 is 2.68 bits per heavy atom. The van der Waals surface area contributed by atoms with E-state index in [-0.39, 0.29) is 12.5 Å². The number of para-hydroxylation sites is 2. The zero-order chi connectivity index (χ0) is 18.1. The third-order valence-electron chi connectivity index (χ3n) is 3.35. The third-order valence-corrected chi connectivity index (χ3v) is 4.24. The lowest BCUT2D eigenvalue weighted by molar-refractivity contribution is -0.118. The maximum absolute atomic E-state index is 12.1. The number of carbonyl (C=O) groups is 1. The Morgan fingerprint density at radius 2 is 1.92 bits per heavy atom. The van der Waals surface area contributed by atoms with Crippen LogP contribution in [-0.2, 0) is 9.53 Å². The molecule has 2 aromatic rings. The molecular weight excluding hydrogens is 386 g/mol. The van der Waals surface area contributed by atoms with Gasteiger partial charge in [0.15, 0.2) is 6.61 Å². The van der Waals surface area contributed by atoms with Crippen molar-refractivity contribution < 1.29 is 19.0 Å². The summed E-state index contributed by atoms with van der Waals surface area (Å²) in [5.74, 6) is 1.01. The number of ether oxygens (including phenoxy) is 3. The van der Waals surface area contributed by atoms with Gasteiger partial charge in [0.2, 0.25) is 0 Å². The molecule has 0 radical (unpaired) electrons. The predicted molar refractivity (Wildman–Crippen MR) is 101 cm³/mol. The molecule has 0 atom stereocenters. The molecule has 0 aliphatic rings. The molecule has 25 heavy (non-hydrogen) atoms. The molecule has 2 rings (SSSR count). The van der Waals surface area contributed by atoms with Crippen LogP contribution in [0.1, 0.15) is 12.5 Å². The number of nitrogens with one attached hydrogen (secondary N) is 1. The zero-order valence-corrected chi connectivity index (χ0v) is 16.0. The van der Waals surface area contributed by atoms with Gasteiger partial charge in [-0.25, -0.2) is 0 Å². The largest absolute Gasteiger partial charge is 0.489 e. The van der Waals surface area contributed by atoms with Gasteiger partial charge in [0, 0.05) is 11.1 Å². The van der Waals surface area contributed by atoms with Crippen LogP contribution in [0.2, 0.25) is 0 Å². The Bertz CT molecular complexity index is 706. The van der Waals surface area contributed by atoms with E-state index < -0.39 is 0 Å². The highest BCUT2D eigenvalue weighted by Crippen LogP contribution is 2.24. The van der Waals surface area contributed by atoms with Crippen molar-refractivity contribution in [3.8, 4) is 11.5 Å². The van der Waals surface area contributed by atoms with Gasteiger partial charge in [-0.2, -0.15) is 0 Å². The number of halogens is 1. The number of carbonyl (C=O) groups excluding carboxylic acids is 1. The summed E-state index contributed by atoms with van der Waals surface area (Å²) in [6.07, 6.45) is 0. The Kier molecular flexibility index (Phi) is 7.76. The highest BCUT2D eigenvalue weighted by molar-refractivity contribution is 9.10. The van der Waals surface area contributed by atoms with Crippen molar-refractivity contribution in [3.63, 3.8) is 0 Å². The molecule has 2 aromatic carbocycles. The van der Waals surface area contributed by atoms with Gasteiger partial charge in [-0.3, -0.25) is 4.79 Å². The monoisotopic (exact) mass is 407 g/mol. The van der Waals surface area contributed by atoms with Gasteiger partial charge in [0.1, 0.15) is 18.1 Å². The first-order chi connectivity index (χ1) is 12.1. The average molecular weight is 408 g/mol. The summed E-state index contributed by atoms with van der Waals surface area (Å²) in [7, 11) is 0. The Hall–Kier alpha value is -2.05. The molecule has 0 fully saturated rings. The van der Waals surface area contributed by atoms with Crippen LogP contribution in [0.25, 0.3) is 0 Å². The van der Waals surface area contributed by atoms with E-state index in [4.69, 9.17) is 14.2 Å². The Morgan fingerprint density at radius 1 is 1.12 bits per heavy atom. The summed E-state index contributed by atoms with van der Waals surface area (Å²) in [6, 6.07) is 12.9. The van der Waals surface area contributed by atoms with E-state index in [1.807, 2.05) is 44.2 Å². The molecule has 0 aliphatic heterocycles. The van der Waals surface area contributed by atoms with Crippen LogP contribution in [0.15, 0.2) is 46.9 Å². The van der Waals surface area contributed by atoms with E-state index in [0.29, 0.717) is 37.0 Å². The number of hydrogen-bond acceptors (Lipinski definition) is 4. The molecule has 0 heterocycles. The molecule has 0 aromatic heterocycles. The molecule has 0 saturated heterocycles. The maximum atomic E-state index is 12.1. The smallest absolute Gasteiger partial charge is 0.262 e. The first-order valence-electron chi connectivity index (χ1n) is 8.08. The lowest BCUT2D eigenvalue weighted by Gasteiger charge is -2.13. The molecule has 0 unspecified atom stereocenters. The zero-order valence-electron chi connectivity index (χ0n) is 14.4. The van der Waals surface area contributed by atoms with Crippen molar-refractivity contribution in [2.75, 3.05) is 31.7 Å². The van der Waals surface area contributed by atoms with E-state index in [9.17, 15) is 4.79 Å². The minimum atomic E-state index is -0.249. The molecule has 0 saturated carbocycles. The van der Waals surface area contributed by atoms with Crippen LogP contribution in [0.4, 0.5) is 5.69 Å². The SMILES string of the molecule is CCOCCOc1ccccc1NC(=O)COc1ccc(Br)c(C)c1. The second-order valence-corrected chi connectivity index (χ2v) is 6.14. The van der Waals surface area contributed by atoms with Gasteiger partial charge < -0.3 is 19.5 Å². The van der Waals surface area contributed by atoms with Crippen molar-refractivity contribution >= 4 is 27.5 Å². The van der Waals surface area contributed by atoms with Crippen molar-refractivity contribution in [2.24, 2.45) is 0 Å². The number of amides is 1. The van der Waals surface area contributed by atoms with Crippen LogP contribution < -0.4 is 14.8 Å². The minimum absolute atomic E-state index is 0.0750. The molecule has 5 nitrogen and oxygen atoms in total. The van der Waals surface area contributed by atoms with E-state index >= 15 is 0 Å². The van der Waals surface area contributed by atoms with Gasteiger partial charge >= 0.3 is 0 Å².